The Balaban J connectivity index is 1.06. The first-order chi connectivity index (χ1) is 27.7. The third kappa shape index (κ3) is 5.56. The highest BCUT2D eigenvalue weighted by atomic mass is 32.1. The van der Waals surface area contributed by atoms with Crippen LogP contribution in [0.1, 0.15) is 0 Å². The third-order valence-corrected chi connectivity index (χ3v) is 11.8. The first kappa shape index (κ1) is 32.2. The molecule has 0 unspecified atom stereocenters. The molecule has 0 spiro atoms. The Hall–Kier alpha value is -7.21. The average molecular weight is 734 g/mol. The molecule has 0 saturated heterocycles. The molecule has 0 bridgehead atoms. The van der Waals surface area contributed by atoms with E-state index in [0.717, 1.165) is 65.6 Å². The zero-order valence-electron chi connectivity index (χ0n) is 30.1. The third-order valence-electron chi connectivity index (χ3n) is 10.6. The molecule has 262 valence electrons. The van der Waals surface area contributed by atoms with Gasteiger partial charge in [-0.3, -0.25) is 0 Å². The minimum Gasteiger partial charge on any atom is -0.455 e. The zero-order chi connectivity index (χ0) is 37.0. The lowest BCUT2D eigenvalue weighted by atomic mass is 9.94. The Labute approximate surface area is 327 Å². The molecule has 0 fully saturated rings. The highest BCUT2D eigenvalue weighted by Crippen LogP contribution is 2.44. The second-order valence-corrected chi connectivity index (χ2v) is 15.0. The normalized spacial score (nSPS) is 11.6. The standard InChI is InChI=1S/C51H31N3OS/c1-4-13-32(14-5-1)33-23-25-34(26-24-33)42-30-38(31-44-39-19-10-11-22-45(39)55-47(42)44)37-27-28-46-43(29-37)40-20-12-21-41(48(40)56-46)51-53-49(35-15-6-2-7-16-35)52-50(54-51)36-17-8-3-9-18-36/h1-31H. The van der Waals surface area contributed by atoms with Crippen molar-refractivity contribution >= 4 is 53.4 Å². The Morgan fingerprint density at radius 1 is 0.339 bits per heavy atom. The number of para-hydroxylation sites is 1. The number of benzene rings is 8. The molecule has 0 aliphatic rings. The van der Waals surface area contributed by atoms with E-state index in [4.69, 9.17) is 19.4 Å². The van der Waals surface area contributed by atoms with Crippen LogP contribution in [0.3, 0.4) is 0 Å². The van der Waals surface area contributed by atoms with Crippen LogP contribution in [0, 0.1) is 0 Å². The summed E-state index contributed by atoms with van der Waals surface area (Å²) in [6, 6.07) is 65.8. The Morgan fingerprint density at radius 2 is 0.893 bits per heavy atom. The Kier molecular flexibility index (Phi) is 7.64. The summed E-state index contributed by atoms with van der Waals surface area (Å²) in [5.74, 6) is 1.97. The Morgan fingerprint density at radius 3 is 1.61 bits per heavy atom. The van der Waals surface area contributed by atoms with E-state index < -0.39 is 0 Å². The second kappa shape index (κ2) is 13.3. The fourth-order valence-corrected chi connectivity index (χ4v) is 8.96. The van der Waals surface area contributed by atoms with Crippen LogP contribution in [-0.4, -0.2) is 15.0 Å². The van der Waals surface area contributed by atoms with Crippen molar-refractivity contribution in [3.05, 3.63) is 188 Å². The lowest BCUT2D eigenvalue weighted by molar-refractivity contribution is 0.670. The molecule has 0 atom stereocenters. The molecule has 56 heavy (non-hydrogen) atoms. The number of furan rings is 1. The van der Waals surface area contributed by atoms with Gasteiger partial charge in [0.1, 0.15) is 11.2 Å². The van der Waals surface area contributed by atoms with Crippen LogP contribution in [0.15, 0.2) is 192 Å². The predicted octanol–water partition coefficient (Wildman–Crippen LogP) is 14.1. The minimum atomic E-state index is 0.655. The highest BCUT2D eigenvalue weighted by Gasteiger charge is 2.19. The van der Waals surface area contributed by atoms with Crippen molar-refractivity contribution < 1.29 is 4.42 Å². The molecule has 11 aromatic rings. The summed E-state index contributed by atoms with van der Waals surface area (Å²) in [4.78, 5) is 15.1. The fraction of sp³-hybridized carbons (Fsp3) is 0. The van der Waals surface area contributed by atoms with Crippen LogP contribution < -0.4 is 0 Å². The van der Waals surface area contributed by atoms with Crippen molar-refractivity contribution in [2.45, 2.75) is 0 Å². The van der Waals surface area contributed by atoms with Gasteiger partial charge in [-0.25, -0.2) is 15.0 Å². The van der Waals surface area contributed by atoms with E-state index in [1.807, 2.05) is 66.7 Å². The van der Waals surface area contributed by atoms with Gasteiger partial charge in [-0.2, -0.15) is 0 Å². The quantitative estimate of drug-likeness (QED) is 0.171. The van der Waals surface area contributed by atoms with Crippen LogP contribution in [0.4, 0.5) is 0 Å². The van der Waals surface area contributed by atoms with E-state index >= 15 is 0 Å². The first-order valence-electron chi connectivity index (χ1n) is 18.7. The van der Waals surface area contributed by atoms with Crippen molar-refractivity contribution in [1.29, 1.82) is 0 Å². The van der Waals surface area contributed by atoms with Crippen LogP contribution in [0.2, 0.25) is 0 Å². The maximum Gasteiger partial charge on any atom is 0.165 e. The SMILES string of the molecule is c1ccc(-c2ccc(-c3cc(-c4ccc5sc6c(-c7nc(-c8ccccc8)nc(-c8ccccc8)n7)cccc6c5c4)cc4c3oc3ccccc34)cc2)cc1. The number of nitrogens with zero attached hydrogens (tertiary/aromatic N) is 3. The molecule has 0 amide bonds. The number of aromatic nitrogens is 3. The summed E-state index contributed by atoms with van der Waals surface area (Å²) in [5, 5.41) is 4.60. The molecule has 8 aromatic carbocycles. The molecule has 0 saturated carbocycles. The summed E-state index contributed by atoms with van der Waals surface area (Å²) in [6.07, 6.45) is 0. The summed E-state index contributed by atoms with van der Waals surface area (Å²) >= 11 is 1.78. The van der Waals surface area contributed by atoms with E-state index in [2.05, 4.69) is 121 Å². The maximum atomic E-state index is 6.57. The molecule has 3 aromatic heterocycles. The van der Waals surface area contributed by atoms with E-state index in [9.17, 15) is 0 Å². The molecule has 11 rings (SSSR count). The highest BCUT2D eigenvalue weighted by molar-refractivity contribution is 7.26. The van der Waals surface area contributed by atoms with Gasteiger partial charge in [0.2, 0.25) is 0 Å². The van der Waals surface area contributed by atoms with Crippen molar-refractivity contribution in [3.8, 4) is 67.5 Å². The summed E-state index contributed by atoms with van der Waals surface area (Å²) in [6.45, 7) is 0. The number of thiophene rings is 1. The van der Waals surface area contributed by atoms with Gasteiger partial charge < -0.3 is 4.42 Å². The van der Waals surface area contributed by atoms with Crippen LogP contribution >= 0.6 is 11.3 Å². The molecule has 0 aliphatic carbocycles. The van der Waals surface area contributed by atoms with Gasteiger partial charge in [-0.15, -0.1) is 11.3 Å². The van der Waals surface area contributed by atoms with Gasteiger partial charge in [-0.05, 0) is 64.2 Å². The second-order valence-electron chi connectivity index (χ2n) is 14.0. The first-order valence-corrected chi connectivity index (χ1v) is 19.5. The van der Waals surface area contributed by atoms with Crippen LogP contribution in [0.5, 0.6) is 0 Å². The van der Waals surface area contributed by atoms with Crippen molar-refractivity contribution in [3.63, 3.8) is 0 Å². The lowest BCUT2D eigenvalue weighted by Gasteiger charge is -2.10. The van der Waals surface area contributed by atoms with Crippen molar-refractivity contribution in [2.24, 2.45) is 0 Å². The predicted molar refractivity (Wildman–Crippen MR) is 233 cm³/mol. The molecule has 4 nitrogen and oxygen atoms in total. The number of rotatable bonds is 6. The molecule has 5 heteroatoms. The van der Waals surface area contributed by atoms with Crippen LogP contribution in [0.25, 0.3) is 110 Å². The summed E-state index contributed by atoms with van der Waals surface area (Å²) < 4.78 is 8.94. The van der Waals surface area contributed by atoms with Gasteiger partial charge >= 0.3 is 0 Å². The Bertz CT molecular complexity index is 3170. The van der Waals surface area contributed by atoms with Gasteiger partial charge in [-0.1, -0.05) is 152 Å². The van der Waals surface area contributed by atoms with Gasteiger partial charge in [0.25, 0.3) is 0 Å². The van der Waals surface area contributed by atoms with E-state index in [-0.39, 0.29) is 0 Å². The molecule has 0 aliphatic heterocycles. The van der Waals surface area contributed by atoms with Gasteiger partial charge in [0, 0.05) is 53.2 Å². The average Bonchev–Trinajstić information content (AvgIpc) is 3.85. The topological polar surface area (TPSA) is 51.8 Å². The summed E-state index contributed by atoms with van der Waals surface area (Å²) in [5.41, 5.74) is 11.5. The van der Waals surface area contributed by atoms with Crippen LogP contribution in [-0.2, 0) is 0 Å². The lowest BCUT2D eigenvalue weighted by Crippen LogP contribution is -2.00. The molecule has 3 heterocycles. The molecular weight excluding hydrogens is 703 g/mol. The molecule has 0 N–H and O–H groups in total. The van der Waals surface area contributed by atoms with E-state index in [1.54, 1.807) is 11.3 Å². The zero-order valence-corrected chi connectivity index (χ0v) is 30.9. The van der Waals surface area contributed by atoms with E-state index in [1.165, 1.54) is 26.6 Å². The molecular formula is C51H31N3OS. The number of fused-ring (bicyclic) bond motifs is 6. The van der Waals surface area contributed by atoms with E-state index in [0.29, 0.717) is 17.5 Å². The largest absolute Gasteiger partial charge is 0.455 e. The smallest absolute Gasteiger partial charge is 0.165 e. The maximum absolute atomic E-state index is 6.57. The number of hydrogen-bond donors (Lipinski definition) is 0. The van der Waals surface area contributed by atoms with Gasteiger partial charge in [0.05, 0.1) is 0 Å². The fourth-order valence-electron chi connectivity index (χ4n) is 7.76. The molecule has 0 radical (unpaired) electrons. The van der Waals surface area contributed by atoms with Crippen molar-refractivity contribution in [1.82, 2.24) is 15.0 Å². The minimum absolute atomic E-state index is 0.655. The van der Waals surface area contributed by atoms with Gasteiger partial charge in [0.15, 0.2) is 17.5 Å². The monoisotopic (exact) mass is 733 g/mol. The summed E-state index contributed by atoms with van der Waals surface area (Å²) in [7, 11) is 0. The van der Waals surface area contributed by atoms with Crippen molar-refractivity contribution in [2.75, 3.05) is 0 Å². The number of hydrogen-bond acceptors (Lipinski definition) is 5.